The number of nitrogens with one attached hydrogen (secondary N) is 2. The molecular formula is C30H33N3OS. The van der Waals surface area contributed by atoms with E-state index in [9.17, 15) is 4.79 Å². The van der Waals surface area contributed by atoms with Gasteiger partial charge in [-0.05, 0) is 60.2 Å². The number of aromatic nitrogens is 2. The van der Waals surface area contributed by atoms with Crippen molar-refractivity contribution in [3.05, 3.63) is 83.7 Å². The molecule has 1 aromatic heterocycles. The molecule has 0 saturated heterocycles. The lowest BCUT2D eigenvalue weighted by molar-refractivity contribution is 0.102. The zero-order chi connectivity index (χ0) is 24.4. The first-order valence-electron chi connectivity index (χ1n) is 12.6. The van der Waals surface area contributed by atoms with Crippen molar-refractivity contribution in [2.24, 2.45) is 0 Å². The molecule has 1 amide bonds. The molecule has 3 aromatic carbocycles. The second kappa shape index (κ2) is 9.90. The average molecular weight is 484 g/mol. The van der Waals surface area contributed by atoms with Crippen molar-refractivity contribution in [3.63, 3.8) is 0 Å². The molecule has 0 aliphatic heterocycles. The molecule has 0 atom stereocenters. The Kier molecular flexibility index (Phi) is 6.70. The molecule has 5 heteroatoms. The molecule has 1 aliphatic rings. The third-order valence-electron chi connectivity index (χ3n) is 6.83. The van der Waals surface area contributed by atoms with E-state index in [1.54, 1.807) is 11.8 Å². The van der Waals surface area contributed by atoms with Crippen LogP contribution >= 0.6 is 11.8 Å². The Balaban J connectivity index is 1.47. The molecule has 4 nitrogen and oxygen atoms in total. The maximum atomic E-state index is 13.2. The maximum Gasteiger partial charge on any atom is 0.255 e. The molecule has 1 saturated carbocycles. The van der Waals surface area contributed by atoms with E-state index >= 15 is 0 Å². The van der Waals surface area contributed by atoms with E-state index in [2.05, 4.69) is 49.3 Å². The number of H-pyrrole nitrogens is 1. The largest absolute Gasteiger partial charge is 0.342 e. The van der Waals surface area contributed by atoms with Crippen LogP contribution in [0.4, 0.5) is 5.69 Å². The van der Waals surface area contributed by atoms with Gasteiger partial charge < -0.3 is 10.3 Å². The molecule has 180 valence electrons. The van der Waals surface area contributed by atoms with Crippen molar-refractivity contribution in [2.75, 3.05) is 5.32 Å². The van der Waals surface area contributed by atoms with Crippen molar-refractivity contribution in [1.82, 2.24) is 9.97 Å². The highest BCUT2D eigenvalue weighted by molar-refractivity contribution is 7.99. The van der Waals surface area contributed by atoms with Gasteiger partial charge in [0.05, 0.1) is 16.7 Å². The minimum atomic E-state index is -0.109. The Hall–Kier alpha value is -3.05. The molecule has 35 heavy (non-hydrogen) atoms. The van der Waals surface area contributed by atoms with Crippen LogP contribution < -0.4 is 5.32 Å². The molecule has 5 rings (SSSR count). The highest BCUT2D eigenvalue weighted by atomic mass is 32.2. The Morgan fingerprint density at radius 2 is 1.69 bits per heavy atom. The smallest absolute Gasteiger partial charge is 0.255 e. The van der Waals surface area contributed by atoms with Gasteiger partial charge in [-0.3, -0.25) is 4.79 Å². The van der Waals surface area contributed by atoms with Crippen LogP contribution in [0.2, 0.25) is 0 Å². The number of aromatic amines is 1. The summed E-state index contributed by atoms with van der Waals surface area (Å²) in [6.07, 6.45) is 6.25. The van der Waals surface area contributed by atoms with Crippen molar-refractivity contribution < 1.29 is 4.79 Å². The van der Waals surface area contributed by atoms with Gasteiger partial charge in [0.2, 0.25) is 0 Å². The summed E-state index contributed by atoms with van der Waals surface area (Å²) >= 11 is 1.65. The van der Waals surface area contributed by atoms with E-state index in [1.165, 1.54) is 37.7 Å². The highest BCUT2D eigenvalue weighted by Gasteiger charge is 2.21. The number of anilines is 1. The monoisotopic (exact) mass is 483 g/mol. The van der Waals surface area contributed by atoms with Gasteiger partial charge in [0.15, 0.2) is 0 Å². The van der Waals surface area contributed by atoms with Gasteiger partial charge in [-0.2, -0.15) is 0 Å². The van der Waals surface area contributed by atoms with Crippen molar-refractivity contribution in [2.45, 2.75) is 74.0 Å². The number of fused-ring (bicyclic) bond motifs is 1. The molecule has 0 bridgehead atoms. The number of amides is 1. The molecule has 2 N–H and O–H groups in total. The summed E-state index contributed by atoms with van der Waals surface area (Å²) in [5.74, 6) is 1.47. The molecule has 1 heterocycles. The molecular weight excluding hydrogens is 450 g/mol. The zero-order valence-electron chi connectivity index (χ0n) is 20.7. The summed E-state index contributed by atoms with van der Waals surface area (Å²) in [6, 6.07) is 22.3. The molecule has 4 aromatic rings. The first-order valence-corrected chi connectivity index (χ1v) is 13.4. The van der Waals surface area contributed by atoms with Gasteiger partial charge in [-0.15, -0.1) is 0 Å². The fraction of sp³-hybridized carbons (Fsp3) is 0.333. The van der Waals surface area contributed by atoms with Crippen molar-refractivity contribution >= 4 is 34.4 Å². The van der Waals surface area contributed by atoms with Crippen LogP contribution in [-0.2, 0) is 5.41 Å². The lowest BCUT2D eigenvalue weighted by Crippen LogP contribution is -2.14. The molecule has 0 spiro atoms. The molecule has 0 unspecified atom stereocenters. The maximum absolute atomic E-state index is 13.2. The predicted octanol–water partition coefficient (Wildman–Crippen LogP) is 8.31. The van der Waals surface area contributed by atoms with Gasteiger partial charge in [-0.1, -0.05) is 82.1 Å². The van der Waals surface area contributed by atoms with Crippen LogP contribution in [-0.4, -0.2) is 15.9 Å². The Bertz CT molecular complexity index is 1310. The molecule has 1 aliphatic carbocycles. The third-order valence-corrected chi connectivity index (χ3v) is 7.89. The first-order chi connectivity index (χ1) is 16.9. The topological polar surface area (TPSA) is 57.8 Å². The lowest BCUT2D eigenvalue weighted by atomic mass is 9.87. The molecule has 0 radical (unpaired) electrons. The second-order valence-electron chi connectivity index (χ2n) is 10.5. The van der Waals surface area contributed by atoms with Gasteiger partial charge in [-0.25, -0.2) is 4.98 Å². The number of benzene rings is 3. The van der Waals surface area contributed by atoms with Gasteiger partial charge in [0.1, 0.15) is 5.82 Å². The molecule has 1 fully saturated rings. The summed E-state index contributed by atoms with van der Waals surface area (Å²) < 4.78 is 0. The third kappa shape index (κ3) is 5.46. The van der Waals surface area contributed by atoms with E-state index in [4.69, 9.17) is 4.98 Å². The van der Waals surface area contributed by atoms with Crippen LogP contribution in [0.25, 0.3) is 11.0 Å². The number of carbonyl (C=O) groups is 1. The fourth-order valence-electron chi connectivity index (χ4n) is 4.74. The summed E-state index contributed by atoms with van der Waals surface area (Å²) in [5, 5.41) is 3.17. The zero-order valence-corrected chi connectivity index (χ0v) is 21.5. The Morgan fingerprint density at radius 3 is 2.37 bits per heavy atom. The van der Waals surface area contributed by atoms with Gasteiger partial charge in [0.25, 0.3) is 5.91 Å². The van der Waals surface area contributed by atoms with Crippen LogP contribution in [0, 0.1) is 0 Å². The van der Waals surface area contributed by atoms with E-state index in [1.807, 2.05) is 48.5 Å². The number of nitrogens with zero attached hydrogens (tertiary/aromatic N) is 1. The van der Waals surface area contributed by atoms with Crippen molar-refractivity contribution in [1.29, 1.82) is 0 Å². The van der Waals surface area contributed by atoms with E-state index in [0.717, 1.165) is 32.3 Å². The van der Waals surface area contributed by atoms with E-state index < -0.39 is 0 Å². The minimum Gasteiger partial charge on any atom is -0.342 e. The number of rotatable bonds is 5. The lowest BCUT2D eigenvalue weighted by Gasteiger charge is -2.19. The van der Waals surface area contributed by atoms with Crippen LogP contribution in [0.3, 0.4) is 0 Å². The normalized spacial score (nSPS) is 14.8. The van der Waals surface area contributed by atoms with Crippen LogP contribution in [0.15, 0.2) is 76.5 Å². The number of imidazole rings is 1. The number of hydrogen-bond donors (Lipinski definition) is 2. The van der Waals surface area contributed by atoms with Crippen LogP contribution in [0.5, 0.6) is 0 Å². The minimum absolute atomic E-state index is 0.0511. The van der Waals surface area contributed by atoms with Gasteiger partial charge in [0, 0.05) is 21.3 Å². The van der Waals surface area contributed by atoms with E-state index in [-0.39, 0.29) is 11.3 Å². The highest BCUT2D eigenvalue weighted by Crippen LogP contribution is 2.38. The Labute approximate surface area is 211 Å². The first kappa shape index (κ1) is 23.7. The number of carbonyl (C=O) groups excluding carboxylic acids is 1. The summed E-state index contributed by atoms with van der Waals surface area (Å²) in [6.45, 7) is 6.53. The predicted molar refractivity (Wildman–Crippen MR) is 146 cm³/mol. The standard InChI is InChI=1S/C30H33N3OS/c1-30(2,3)22-16-14-21(15-17-22)29(34)33-26-18-24-25(19-27(26)35-23-12-8-5-9-13-23)32-28(31-24)20-10-6-4-7-11-20/h5,8-9,12-20H,4,6-7,10-11H2,1-3H3,(H,31,32)(H,33,34). The Morgan fingerprint density at radius 1 is 0.971 bits per heavy atom. The van der Waals surface area contributed by atoms with Crippen molar-refractivity contribution in [3.8, 4) is 0 Å². The quantitative estimate of drug-likeness (QED) is 0.300. The summed E-state index contributed by atoms with van der Waals surface area (Å²) in [4.78, 5) is 23.9. The fourth-order valence-corrected chi connectivity index (χ4v) is 5.68. The second-order valence-corrected chi connectivity index (χ2v) is 11.6. The SMILES string of the molecule is CC(C)(C)c1ccc(C(=O)Nc2cc3nc(C4CCCCC4)[nH]c3cc2Sc2ccccc2)cc1. The summed E-state index contributed by atoms with van der Waals surface area (Å²) in [5.41, 5.74) is 4.63. The van der Waals surface area contributed by atoms with E-state index in [0.29, 0.717) is 11.5 Å². The number of hydrogen-bond acceptors (Lipinski definition) is 3. The average Bonchev–Trinajstić information content (AvgIpc) is 3.28. The summed E-state index contributed by atoms with van der Waals surface area (Å²) in [7, 11) is 0. The van der Waals surface area contributed by atoms with Gasteiger partial charge >= 0.3 is 0 Å². The van der Waals surface area contributed by atoms with Crippen LogP contribution in [0.1, 0.15) is 80.5 Å².